The number of aromatic nitrogens is 2. The van der Waals surface area contributed by atoms with Crippen molar-refractivity contribution in [3.8, 4) is 17.1 Å². The van der Waals surface area contributed by atoms with Crippen LogP contribution in [0, 0.1) is 5.82 Å². The third kappa shape index (κ3) is 6.61. The van der Waals surface area contributed by atoms with Gasteiger partial charge in [0, 0.05) is 68.2 Å². The molecular weight excluding hydrogens is 613 g/mol. The Morgan fingerprint density at radius 2 is 1.67 bits per heavy atom. The van der Waals surface area contributed by atoms with Gasteiger partial charge < -0.3 is 33.8 Å². The van der Waals surface area contributed by atoms with E-state index in [1.54, 1.807) is 30.3 Å². The number of carboxylic acids is 1. The number of carbonyl (C=O) groups excluding carboxylic acids is 1. The van der Waals surface area contributed by atoms with Crippen LogP contribution in [-0.4, -0.2) is 95.9 Å². The second-order valence-electron chi connectivity index (χ2n) is 13.1. The van der Waals surface area contributed by atoms with Crippen molar-refractivity contribution in [1.29, 1.82) is 0 Å². The largest absolute Gasteiger partial charge is 0.489 e. The van der Waals surface area contributed by atoms with Crippen molar-refractivity contribution in [2.75, 3.05) is 64.4 Å². The number of likely N-dealkylation sites (N-methyl/N-ethyl adjacent to an activating group) is 1. The number of imidazole rings is 1. The van der Waals surface area contributed by atoms with Crippen molar-refractivity contribution in [3.05, 3.63) is 77.1 Å². The lowest BCUT2D eigenvalue weighted by molar-refractivity contribution is 0.0661. The Morgan fingerprint density at radius 1 is 0.917 bits per heavy atom. The number of halogens is 1. The predicted molar refractivity (Wildman–Crippen MR) is 181 cm³/mol. The van der Waals surface area contributed by atoms with Gasteiger partial charge in [-0.2, -0.15) is 0 Å². The van der Waals surface area contributed by atoms with Gasteiger partial charge in [-0.05, 0) is 68.4 Å². The number of rotatable bonds is 8. The fraction of sp³-hybridized carbons (Fsp3) is 0.432. The van der Waals surface area contributed by atoms with Crippen LogP contribution in [0.5, 0.6) is 5.75 Å². The molecule has 10 nitrogen and oxygen atoms in total. The molecular formula is C37H42FN5O5. The molecule has 2 saturated heterocycles. The van der Waals surface area contributed by atoms with E-state index in [0.717, 1.165) is 68.6 Å². The lowest BCUT2D eigenvalue weighted by atomic mass is 9.94. The summed E-state index contributed by atoms with van der Waals surface area (Å²) >= 11 is 0. The summed E-state index contributed by atoms with van der Waals surface area (Å²) < 4.78 is 29.9. The van der Waals surface area contributed by atoms with E-state index in [1.807, 2.05) is 23.1 Å². The van der Waals surface area contributed by atoms with Gasteiger partial charge >= 0.3 is 5.97 Å². The highest BCUT2D eigenvalue weighted by Gasteiger charge is 2.26. The molecule has 252 valence electrons. The zero-order valence-electron chi connectivity index (χ0n) is 27.4. The Balaban J connectivity index is 1.17. The van der Waals surface area contributed by atoms with Crippen LogP contribution in [0.25, 0.3) is 22.4 Å². The summed E-state index contributed by atoms with van der Waals surface area (Å²) in [4.78, 5) is 36.2. The first-order chi connectivity index (χ1) is 23.4. The van der Waals surface area contributed by atoms with Crippen LogP contribution < -0.4 is 9.64 Å². The van der Waals surface area contributed by atoms with E-state index < -0.39 is 11.8 Å². The SMILES string of the molecule is CN1CCN(C(=O)c2ccc(N3CCOCC3)c(COc3ccc(-c4nc5cc(C(=O)O)ccc5n4C4CCCCC4)c(F)c3)c2)CC1. The van der Waals surface area contributed by atoms with Gasteiger partial charge in [-0.15, -0.1) is 0 Å². The number of amides is 1. The number of hydrogen-bond acceptors (Lipinski definition) is 7. The van der Waals surface area contributed by atoms with Gasteiger partial charge in [0.2, 0.25) is 0 Å². The number of carboxylic acid groups (broad SMARTS) is 1. The molecule has 1 aromatic heterocycles. The molecule has 0 spiro atoms. The Bertz CT molecular complexity index is 1810. The molecule has 1 N–H and O–H groups in total. The summed E-state index contributed by atoms with van der Waals surface area (Å²) in [5.41, 5.74) is 4.29. The first kappa shape index (κ1) is 32.1. The molecule has 2 aliphatic heterocycles. The number of anilines is 1. The molecule has 0 radical (unpaired) electrons. The number of aromatic carboxylic acids is 1. The van der Waals surface area contributed by atoms with Crippen LogP contribution in [0.15, 0.2) is 54.6 Å². The molecule has 3 heterocycles. The number of morpholine rings is 1. The van der Waals surface area contributed by atoms with Gasteiger partial charge in [-0.3, -0.25) is 4.79 Å². The number of carbonyl (C=O) groups is 2. The standard InChI is InChI=1S/C37H42FN5O5/c1-40-13-15-42(16-14-40)36(44)25-7-11-33(41-17-19-47-20-18-41)27(21-25)24-48-29-9-10-30(31(38)23-29)35-39-32-22-26(37(45)46)8-12-34(32)43(35)28-5-3-2-4-6-28/h7-12,21-23,28H,2-6,13-20,24H2,1H3,(H,45,46). The lowest BCUT2D eigenvalue weighted by Crippen LogP contribution is -2.47. The molecule has 7 rings (SSSR count). The van der Waals surface area contributed by atoms with Crippen molar-refractivity contribution in [3.63, 3.8) is 0 Å². The number of benzene rings is 3. The van der Waals surface area contributed by atoms with Crippen molar-refractivity contribution in [2.24, 2.45) is 0 Å². The summed E-state index contributed by atoms with van der Waals surface area (Å²) in [6.45, 7) is 5.94. The monoisotopic (exact) mass is 655 g/mol. The van der Waals surface area contributed by atoms with Gasteiger partial charge in [-0.1, -0.05) is 19.3 Å². The molecule has 11 heteroatoms. The van der Waals surface area contributed by atoms with E-state index in [4.69, 9.17) is 14.5 Å². The normalized spacial score (nSPS) is 18.0. The highest BCUT2D eigenvalue weighted by molar-refractivity contribution is 5.95. The van der Waals surface area contributed by atoms with Crippen LogP contribution in [0.3, 0.4) is 0 Å². The fourth-order valence-corrected chi connectivity index (χ4v) is 7.20. The molecule has 1 aliphatic carbocycles. The molecule has 1 amide bonds. The maximum Gasteiger partial charge on any atom is 0.335 e. The third-order valence-corrected chi connectivity index (χ3v) is 9.92. The number of hydrogen-bond donors (Lipinski definition) is 1. The molecule has 3 aliphatic rings. The Labute approximate surface area is 279 Å². The molecule has 4 aromatic rings. The van der Waals surface area contributed by atoms with E-state index >= 15 is 4.39 Å². The van der Waals surface area contributed by atoms with Gasteiger partial charge in [0.1, 0.15) is 24.0 Å². The summed E-state index contributed by atoms with van der Waals surface area (Å²) in [7, 11) is 2.06. The van der Waals surface area contributed by atoms with Gasteiger partial charge in [0.25, 0.3) is 5.91 Å². The quantitative estimate of drug-likeness (QED) is 0.253. The minimum absolute atomic E-state index is 0.00426. The Hall–Kier alpha value is -4.48. The van der Waals surface area contributed by atoms with E-state index in [0.29, 0.717) is 54.5 Å². The van der Waals surface area contributed by atoms with E-state index in [2.05, 4.69) is 21.4 Å². The average molecular weight is 656 g/mol. The zero-order valence-corrected chi connectivity index (χ0v) is 27.4. The second-order valence-corrected chi connectivity index (χ2v) is 13.1. The summed E-state index contributed by atoms with van der Waals surface area (Å²) in [6, 6.07) is 15.7. The highest BCUT2D eigenvalue weighted by atomic mass is 19.1. The molecule has 0 unspecified atom stereocenters. The number of fused-ring (bicyclic) bond motifs is 1. The summed E-state index contributed by atoms with van der Waals surface area (Å²) in [6.07, 6.45) is 5.26. The molecule has 48 heavy (non-hydrogen) atoms. The number of nitrogens with zero attached hydrogens (tertiary/aromatic N) is 5. The van der Waals surface area contributed by atoms with E-state index in [9.17, 15) is 14.7 Å². The van der Waals surface area contributed by atoms with Gasteiger partial charge in [0.15, 0.2) is 0 Å². The number of ether oxygens (including phenoxy) is 2. The van der Waals surface area contributed by atoms with Gasteiger partial charge in [-0.25, -0.2) is 14.2 Å². The summed E-state index contributed by atoms with van der Waals surface area (Å²) in [5, 5.41) is 9.56. The Morgan fingerprint density at radius 3 is 2.40 bits per heavy atom. The Kier molecular flexibility index (Phi) is 9.32. The zero-order chi connectivity index (χ0) is 33.2. The smallest absolute Gasteiger partial charge is 0.335 e. The van der Waals surface area contributed by atoms with Crippen LogP contribution >= 0.6 is 0 Å². The summed E-state index contributed by atoms with van der Waals surface area (Å²) in [5.74, 6) is -0.624. The first-order valence-corrected chi connectivity index (χ1v) is 17.0. The average Bonchev–Trinajstić information content (AvgIpc) is 3.50. The fourth-order valence-electron chi connectivity index (χ4n) is 7.20. The van der Waals surface area contributed by atoms with Crippen molar-refractivity contribution < 1.29 is 28.6 Å². The van der Waals surface area contributed by atoms with Crippen LogP contribution in [0.1, 0.15) is 64.4 Å². The van der Waals surface area contributed by atoms with Gasteiger partial charge in [0.05, 0.1) is 35.4 Å². The topological polar surface area (TPSA) is 100 Å². The van der Waals surface area contributed by atoms with Crippen molar-refractivity contribution in [1.82, 2.24) is 19.4 Å². The second kappa shape index (κ2) is 13.9. The minimum atomic E-state index is -1.02. The van der Waals surface area contributed by atoms with E-state index in [1.165, 1.54) is 12.5 Å². The lowest BCUT2D eigenvalue weighted by Gasteiger charge is -2.33. The molecule has 3 aromatic carbocycles. The van der Waals surface area contributed by atoms with Crippen LogP contribution in [-0.2, 0) is 11.3 Å². The predicted octanol–water partition coefficient (Wildman–Crippen LogP) is 5.85. The molecule has 0 bridgehead atoms. The molecule has 3 fully saturated rings. The van der Waals surface area contributed by atoms with Crippen LogP contribution in [0.2, 0.25) is 0 Å². The maximum absolute atomic E-state index is 16.0. The van der Waals surface area contributed by atoms with Crippen molar-refractivity contribution >= 4 is 28.6 Å². The molecule has 1 saturated carbocycles. The minimum Gasteiger partial charge on any atom is -0.489 e. The van der Waals surface area contributed by atoms with Crippen molar-refractivity contribution in [2.45, 2.75) is 44.8 Å². The maximum atomic E-state index is 16.0. The number of piperazine rings is 1. The van der Waals surface area contributed by atoms with E-state index in [-0.39, 0.29) is 24.1 Å². The molecule has 0 atom stereocenters. The first-order valence-electron chi connectivity index (χ1n) is 17.0. The highest BCUT2D eigenvalue weighted by Crippen LogP contribution is 2.38. The third-order valence-electron chi connectivity index (χ3n) is 9.92. The van der Waals surface area contributed by atoms with Crippen LogP contribution in [0.4, 0.5) is 10.1 Å².